The van der Waals surface area contributed by atoms with Crippen LogP contribution in [0.25, 0.3) is 5.76 Å². The Labute approximate surface area is 211 Å². The lowest BCUT2D eigenvalue weighted by atomic mass is 9.98. The normalized spacial score (nSPS) is 17.2. The fraction of sp³-hybridized carbons (Fsp3) is 0.310. The quantitative estimate of drug-likeness (QED) is 0.248. The number of ketones is 1. The van der Waals surface area contributed by atoms with Gasteiger partial charge in [-0.15, -0.1) is 0 Å². The van der Waals surface area contributed by atoms with E-state index in [4.69, 9.17) is 9.15 Å². The molecule has 0 saturated carbocycles. The molecule has 188 valence electrons. The second kappa shape index (κ2) is 11.3. The predicted molar refractivity (Wildman–Crippen MR) is 137 cm³/mol. The number of carbonyl (C=O) groups is 2. The van der Waals surface area contributed by atoms with E-state index in [-0.39, 0.29) is 11.3 Å². The highest BCUT2D eigenvalue weighted by Crippen LogP contribution is 2.40. The molecule has 4 rings (SSSR count). The number of likely N-dealkylation sites (tertiary alicyclic amines) is 1. The van der Waals surface area contributed by atoms with E-state index in [1.807, 2.05) is 37.3 Å². The number of likely N-dealkylation sites (N-methyl/N-ethyl adjacent to an activating group) is 1. The molecule has 1 amide bonds. The average molecular weight is 489 g/mol. The first-order valence-electron chi connectivity index (χ1n) is 12.3. The van der Waals surface area contributed by atoms with Crippen LogP contribution in [0.3, 0.4) is 0 Å². The van der Waals surface area contributed by atoms with Crippen molar-refractivity contribution in [3.63, 3.8) is 0 Å². The molecule has 3 aromatic rings. The van der Waals surface area contributed by atoms with Gasteiger partial charge in [-0.3, -0.25) is 9.59 Å². The van der Waals surface area contributed by atoms with Gasteiger partial charge < -0.3 is 24.1 Å². The molecular weight excluding hydrogens is 456 g/mol. The Kier molecular flexibility index (Phi) is 7.90. The van der Waals surface area contributed by atoms with E-state index in [0.29, 0.717) is 36.8 Å². The maximum Gasteiger partial charge on any atom is 0.295 e. The van der Waals surface area contributed by atoms with Crippen molar-refractivity contribution < 1.29 is 23.8 Å². The van der Waals surface area contributed by atoms with Crippen molar-refractivity contribution >= 4 is 17.4 Å². The minimum atomic E-state index is -0.787. The van der Waals surface area contributed by atoms with Crippen molar-refractivity contribution in [2.24, 2.45) is 0 Å². The van der Waals surface area contributed by atoms with Gasteiger partial charge >= 0.3 is 0 Å². The van der Waals surface area contributed by atoms with Crippen molar-refractivity contribution in [1.82, 2.24) is 9.80 Å². The number of rotatable bonds is 10. The highest BCUT2D eigenvalue weighted by molar-refractivity contribution is 6.46. The number of benzene rings is 2. The minimum Gasteiger partial charge on any atom is -0.507 e. The molecule has 0 spiro atoms. The molecule has 7 nitrogen and oxygen atoms in total. The summed E-state index contributed by atoms with van der Waals surface area (Å²) >= 11 is 0. The zero-order valence-corrected chi connectivity index (χ0v) is 20.9. The average Bonchev–Trinajstić information content (AvgIpc) is 3.51. The molecule has 2 aromatic carbocycles. The zero-order chi connectivity index (χ0) is 25.7. The molecule has 1 aromatic heterocycles. The number of aliphatic hydroxyl groups excluding tert-OH is 1. The summed E-state index contributed by atoms with van der Waals surface area (Å²) in [7, 11) is 0. The van der Waals surface area contributed by atoms with E-state index in [2.05, 4.69) is 18.7 Å². The fourth-order valence-corrected chi connectivity index (χ4v) is 4.49. The number of furan rings is 1. The number of hydrogen-bond acceptors (Lipinski definition) is 6. The summed E-state index contributed by atoms with van der Waals surface area (Å²) in [6.07, 6.45) is 1.50. The first kappa shape index (κ1) is 25.3. The summed E-state index contributed by atoms with van der Waals surface area (Å²) in [5, 5.41) is 11.3. The van der Waals surface area contributed by atoms with Crippen LogP contribution in [0.2, 0.25) is 0 Å². The number of hydrogen-bond donors (Lipinski definition) is 1. The number of amides is 1. The van der Waals surface area contributed by atoms with Crippen LogP contribution in [-0.4, -0.2) is 52.8 Å². The Hall–Kier alpha value is -3.84. The van der Waals surface area contributed by atoms with Crippen LogP contribution in [0.1, 0.15) is 42.3 Å². The molecule has 7 heteroatoms. The number of nitrogens with zero attached hydrogens (tertiary/aromatic N) is 2. The molecule has 0 aliphatic carbocycles. The second-order valence-corrected chi connectivity index (χ2v) is 8.79. The second-order valence-electron chi connectivity index (χ2n) is 8.79. The maximum absolute atomic E-state index is 13.1. The molecule has 0 radical (unpaired) electrons. The van der Waals surface area contributed by atoms with Gasteiger partial charge in [-0.25, -0.2) is 0 Å². The van der Waals surface area contributed by atoms with E-state index < -0.39 is 17.7 Å². The number of aliphatic hydroxyl groups is 1. The van der Waals surface area contributed by atoms with Gasteiger partial charge in [0.05, 0.1) is 11.8 Å². The Morgan fingerprint density at radius 3 is 2.44 bits per heavy atom. The molecule has 1 N–H and O–H groups in total. The Balaban J connectivity index is 1.64. The van der Waals surface area contributed by atoms with Crippen molar-refractivity contribution in [2.45, 2.75) is 33.4 Å². The predicted octanol–water partition coefficient (Wildman–Crippen LogP) is 4.93. The smallest absolute Gasteiger partial charge is 0.295 e. The molecular formula is C29H32N2O5. The van der Waals surface area contributed by atoms with E-state index >= 15 is 0 Å². The Morgan fingerprint density at radius 2 is 1.81 bits per heavy atom. The molecule has 1 fully saturated rings. The summed E-state index contributed by atoms with van der Waals surface area (Å²) in [6.45, 7) is 9.04. The fourth-order valence-electron chi connectivity index (χ4n) is 4.49. The first-order chi connectivity index (χ1) is 17.4. The molecule has 1 aliphatic heterocycles. The standard InChI is InChI=1S/C29H32N2O5/c1-4-30(5-2)15-16-31-26(24-12-9-17-35-24)25(28(33)29(31)34)27(32)22-13-14-23(20(3)18-22)36-19-21-10-7-6-8-11-21/h6-14,17-18,26,32H,4-5,15-16,19H2,1-3H3/b27-25-. The first-order valence-corrected chi connectivity index (χ1v) is 12.3. The molecule has 1 aliphatic rings. The lowest BCUT2D eigenvalue weighted by Crippen LogP contribution is -2.37. The van der Waals surface area contributed by atoms with Crippen LogP contribution >= 0.6 is 0 Å². The summed E-state index contributed by atoms with van der Waals surface area (Å²) in [5.74, 6) is -0.453. The number of carbonyl (C=O) groups excluding carboxylic acids is 2. The molecule has 1 saturated heterocycles. The van der Waals surface area contributed by atoms with Crippen LogP contribution in [0.5, 0.6) is 5.75 Å². The van der Waals surface area contributed by atoms with Gasteiger partial charge in [0, 0.05) is 18.7 Å². The summed E-state index contributed by atoms with van der Waals surface area (Å²) in [5.41, 5.74) is 2.33. The van der Waals surface area contributed by atoms with Gasteiger partial charge in [0.15, 0.2) is 0 Å². The third-order valence-corrected chi connectivity index (χ3v) is 6.59. The van der Waals surface area contributed by atoms with E-state index in [9.17, 15) is 14.7 Å². The van der Waals surface area contributed by atoms with Crippen LogP contribution in [0.4, 0.5) is 0 Å². The highest BCUT2D eigenvalue weighted by atomic mass is 16.5. The minimum absolute atomic E-state index is 0.0341. The molecule has 0 bridgehead atoms. The summed E-state index contributed by atoms with van der Waals surface area (Å²) in [6, 6.07) is 17.7. The van der Waals surface area contributed by atoms with Crippen molar-refractivity contribution in [3.05, 3.63) is 95.0 Å². The Morgan fingerprint density at radius 1 is 1.06 bits per heavy atom. The van der Waals surface area contributed by atoms with Gasteiger partial charge in [-0.2, -0.15) is 0 Å². The SMILES string of the molecule is CCN(CC)CCN1C(=O)C(=O)/C(=C(\O)c2ccc(OCc3ccccc3)c(C)c2)C1c1ccco1. The number of ether oxygens (including phenoxy) is 1. The van der Waals surface area contributed by atoms with Gasteiger partial charge in [0.1, 0.15) is 29.9 Å². The van der Waals surface area contributed by atoms with E-state index in [0.717, 1.165) is 24.2 Å². The molecule has 2 heterocycles. The van der Waals surface area contributed by atoms with Crippen LogP contribution in [0, 0.1) is 6.92 Å². The topological polar surface area (TPSA) is 83.2 Å². The molecule has 36 heavy (non-hydrogen) atoms. The van der Waals surface area contributed by atoms with Gasteiger partial charge in [-0.1, -0.05) is 44.2 Å². The number of aryl methyl sites for hydroxylation is 1. The maximum atomic E-state index is 13.1. The van der Waals surface area contributed by atoms with Crippen LogP contribution in [0.15, 0.2) is 76.9 Å². The monoisotopic (exact) mass is 488 g/mol. The van der Waals surface area contributed by atoms with Gasteiger partial charge in [-0.05, 0) is 61.5 Å². The summed E-state index contributed by atoms with van der Waals surface area (Å²) < 4.78 is 11.6. The van der Waals surface area contributed by atoms with Gasteiger partial charge in [0.2, 0.25) is 0 Å². The lowest BCUT2D eigenvalue weighted by molar-refractivity contribution is -0.140. The van der Waals surface area contributed by atoms with E-state index in [1.54, 1.807) is 30.3 Å². The van der Waals surface area contributed by atoms with Crippen LogP contribution in [-0.2, 0) is 16.2 Å². The van der Waals surface area contributed by atoms with Crippen molar-refractivity contribution in [1.29, 1.82) is 0 Å². The van der Waals surface area contributed by atoms with Crippen molar-refractivity contribution in [3.8, 4) is 5.75 Å². The molecule has 1 atom stereocenters. The zero-order valence-electron chi connectivity index (χ0n) is 20.9. The summed E-state index contributed by atoms with van der Waals surface area (Å²) in [4.78, 5) is 29.9. The van der Waals surface area contributed by atoms with Gasteiger partial charge in [0.25, 0.3) is 11.7 Å². The highest BCUT2D eigenvalue weighted by Gasteiger charge is 2.47. The Bertz CT molecular complexity index is 1230. The number of Topliss-reactive ketones (excluding diaryl/α,β-unsaturated/α-hetero) is 1. The lowest BCUT2D eigenvalue weighted by Gasteiger charge is -2.26. The van der Waals surface area contributed by atoms with Crippen molar-refractivity contribution in [2.75, 3.05) is 26.2 Å². The van der Waals surface area contributed by atoms with Crippen LogP contribution < -0.4 is 4.74 Å². The third kappa shape index (κ3) is 5.21. The third-order valence-electron chi connectivity index (χ3n) is 6.59. The largest absolute Gasteiger partial charge is 0.507 e. The molecule has 1 unspecified atom stereocenters. The van der Waals surface area contributed by atoms with E-state index in [1.165, 1.54) is 11.2 Å².